The maximum absolute atomic E-state index is 5.72. The number of oxazole rings is 1. The van der Waals surface area contributed by atoms with Gasteiger partial charge in [-0.25, -0.2) is 4.98 Å². The molecule has 0 spiro atoms. The van der Waals surface area contributed by atoms with E-state index in [2.05, 4.69) is 22.1 Å². The van der Waals surface area contributed by atoms with Crippen LogP contribution >= 0.6 is 0 Å². The Hall–Kier alpha value is -0.870. The highest BCUT2D eigenvalue weighted by molar-refractivity contribution is 5.06. The molecular weight excluding hydrogens is 226 g/mol. The summed E-state index contributed by atoms with van der Waals surface area (Å²) in [6, 6.07) is 0.692. The molecule has 0 bridgehead atoms. The minimum Gasteiger partial charge on any atom is -0.444 e. The lowest BCUT2D eigenvalue weighted by Crippen LogP contribution is -2.34. The van der Waals surface area contributed by atoms with Gasteiger partial charge in [0.2, 0.25) is 5.89 Å². The summed E-state index contributed by atoms with van der Waals surface area (Å²) in [7, 11) is 0. The van der Waals surface area contributed by atoms with Crippen molar-refractivity contribution >= 4 is 0 Å². The molecule has 0 amide bonds. The summed E-state index contributed by atoms with van der Waals surface area (Å²) >= 11 is 0. The maximum Gasteiger partial charge on any atom is 0.208 e. The van der Waals surface area contributed by atoms with Crippen LogP contribution in [0.25, 0.3) is 0 Å². The van der Waals surface area contributed by atoms with Crippen molar-refractivity contribution in [2.24, 2.45) is 11.8 Å². The molecule has 4 nitrogen and oxygen atoms in total. The van der Waals surface area contributed by atoms with Gasteiger partial charge in [0.05, 0.1) is 12.2 Å². The van der Waals surface area contributed by atoms with E-state index in [1.165, 1.54) is 26.1 Å². The number of likely N-dealkylation sites (tertiary alicyclic amines) is 1. The quantitative estimate of drug-likeness (QED) is 0.885. The fourth-order valence-corrected chi connectivity index (χ4v) is 3.63. The SMILES string of the molecule is CCC1C2CNCC2CN1Cc1nc(C)c(C)o1. The number of nitrogens with zero attached hydrogens (tertiary/aromatic N) is 2. The molecule has 1 aromatic heterocycles. The average molecular weight is 249 g/mol. The largest absolute Gasteiger partial charge is 0.444 e. The van der Waals surface area contributed by atoms with E-state index in [4.69, 9.17) is 4.42 Å². The zero-order valence-electron chi connectivity index (χ0n) is 11.6. The van der Waals surface area contributed by atoms with Crippen LogP contribution in [0.4, 0.5) is 0 Å². The topological polar surface area (TPSA) is 41.3 Å². The second-order valence-corrected chi connectivity index (χ2v) is 5.74. The first-order valence-corrected chi connectivity index (χ1v) is 7.06. The smallest absolute Gasteiger partial charge is 0.208 e. The first-order valence-electron chi connectivity index (χ1n) is 7.06. The van der Waals surface area contributed by atoms with Crippen molar-refractivity contribution in [3.05, 3.63) is 17.3 Å². The minimum absolute atomic E-state index is 0.692. The Bertz CT molecular complexity index is 409. The number of aryl methyl sites for hydroxylation is 2. The number of rotatable bonds is 3. The van der Waals surface area contributed by atoms with Gasteiger partial charge in [-0.1, -0.05) is 6.92 Å². The number of hydrogen-bond donors (Lipinski definition) is 1. The third kappa shape index (κ3) is 1.97. The molecule has 0 aliphatic carbocycles. The van der Waals surface area contributed by atoms with Crippen LogP contribution in [0, 0.1) is 25.7 Å². The molecule has 18 heavy (non-hydrogen) atoms. The van der Waals surface area contributed by atoms with Gasteiger partial charge < -0.3 is 9.73 Å². The summed E-state index contributed by atoms with van der Waals surface area (Å²) in [5.41, 5.74) is 1.03. The molecule has 100 valence electrons. The molecule has 2 fully saturated rings. The second kappa shape index (κ2) is 4.67. The van der Waals surface area contributed by atoms with E-state index in [0.717, 1.165) is 35.7 Å². The van der Waals surface area contributed by atoms with Crippen molar-refractivity contribution < 1.29 is 4.42 Å². The Balaban J connectivity index is 1.72. The fourth-order valence-electron chi connectivity index (χ4n) is 3.63. The van der Waals surface area contributed by atoms with Crippen molar-refractivity contribution in [3.8, 4) is 0 Å². The summed E-state index contributed by atoms with van der Waals surface area (Å²) < 4.78 is 5.72. The second-order valence-electron chi connectivity index (χ2n) is 5.74. The molecule has 3 unspecified atom stereocenters. The van der Waals surface area contributed by atoms with E-state index in [-0.39, 0.29) is 0 Å². The molecule has 0 radical (unpaired) electrons. The molecule has 0 saturated carbocycles. The van der Waals surface area contributed by atoms with Crippen molar-refractivity contribution in [1.29, 1.82) is 0 Å². The Morgan fingerprint density at radius 3 is 2.89 bits per heavy atom. The fraction of sp³-hybridized carbons (Fsp3) is 0.786. The molecule has 1 aromatic rings. The third-order valence-corrected chi connectivity index (χ3v) is 4.65. The highest BCUT2D eigenvalue weighted by Crippen LogP contribution is 2.35. The minimum atomic E-state index is 0.692. The van der Waals surface area contributed by atoms with E-state index in [9.17, 15) is 0 Å². The Labute approximate surface area is 109 Å². The molecule has 3 atom stereocenters. The van der Waals surface area contributed by atoms with Crippen molar-refractivity contribution in [2.45, 2.75) is 39.8 Å². The molecule has 3 rings (SSSR count). The van der Waals surface area contributed by atoms with Gasteiger partial charge in [0.25, 0.3) is 0 Å². The van der Waals surface area contributed by atoms with Crippen LogP contribution in [0.3, 0.4) is 0 Å². The molecule has 2 aliphatic heterocycles. The predicted octanol–water partition coefficient (Wildman–Crippen LogP) is 1.72. The highest BCUT2D eigenvalue weighted by Gasteiger charge is 2.43. The van der Waals surface area contributed by atoms with E-state index >= 15 is 0 Å². The molecule has 3 heterocycles. The highest BCUT2D eigenvalue weighted by atomic mass is 16.4. The molecule has 1 N–H and O–H groups in total. The van der Waals surface area contributed by atoms with Gasteiger partial charge in [-0.15, -0.1) is 0 Å². The predicted molar refractivity (Wildman–Crippen MR) is 70.3 cm³/mol. The van der Waals surface area contributed by atoms with Crippen LogP contribution in [-0.2, 0) is 6.54 Å². The van der Waals surface area contributed by atoms with Gasteiger partial charge in [-0.05, 0) is 45.2 Å². The van der Waals surface area contributed by atoms with Crippen molar-refractivity contribution in [2.75, 3.05) is 19.6 Å². The Morgan fingerprint density at radius 2 is 2.22 bits per heavy atom. The zero-order valence-corrected chi connectivity index (χ0v) is 11.6. The van der Waals surface area contributed by atoms with Crippen LogP contribution in [0.15, 0.2) is 4.42 Å². The Morgan fingerprint density at radius 1 is 1.39 bits per heavy atom. The van der Waals surface area contributed by atoms with Gasteiger partial charge >= 0.3 is 0 Å². The summed E-state index contributed by atoms with van der Waals surface area (Å²) in [4.78, 5) is 7.08. The molecule has 4 heteroatoms. The molecular formula is C14H23N3O. The van der Waals surface area contributed by atoms with E-state index in [1.807, 2.05) is 13.8 Å². The molecule has 2 aliphatic rings. The maximum atomic E-state index is 5.72. The van der Waals surface area contributed by atoms with E-state index in [0.29, 0.717) is 6.04 Å². The van der Waals surface area contributed by atoms with Crippen LogP contribution < -0.4 is 5.32 Å². The summed E-state index contributed by atoms with van der Waals surface area (Å²) in [5.74, 6) is 3.50. The van der Waals surface area contributed by atoms with Gasteiger partial charge in [0.15, 0.2) is 0 Å². The number of aromatic nitrogens is 1. The number of fused-ring (bicyclic) bond motifs is 1. The average Bonchev–Trinajstić information content (AvgIpc) is 2.95. The Kier molecular flexibility index (Phi) is 3.16. The van der Waals surface area contributed by atoms with E-state index < -0.39 is 0 Å². The summed E-state index contributed by atoms with van der Waals surface area (Å²) in [6.45, 7) is 10.7. The molecule has 0 aromatic carbocycles. The number of hydrogen-bond acceptors (Lipinski definition) is 4. The standard InChI is InChI=1S/C14H23N3O/c1-4-13-12-6-15-5-11(12)7-17(13)8-14-16-9(2)10(3)18-14/h11-13,15H,4-8H2,1-3H3. The number of nitrogens with one attached hydrogen (secondary N) is 1. The van der Waals surface area contributed by atoms with Gasteiger partial charge in [0, 0.05) is 12.6 Å². The van der Waals surface area contributed by atoms with E-state index in [1.54, 1.807) is 0 Å². The summed E-state index contributed by atoms with van der Waals surface area (Å²) in [5, 5.41) is 3.52. The van der Waals surface area contributed by atoms with Crippen LogP contribution in [0.2, 0.25) is 0 Å². The lowest BCUT2D eigenvalue weighted by atomic mass is 9.93. The third-order valence-electron chi connectivity index (χ3n) is 4.65. The van der Waals surface area contributed by atoms with Crippen LogP contribution in [0.5, 0.6) is 0 Å². The lowest BCUT2D eigenvalue weighted by molar-refractivity contribution is 0.191. The van der Waals surface area contributed by atoms with Gasteiger partial charge in [0.1, 0.15) is 5.76 Å². The first kappa shape index (κ1) is 12.2. The normalized spacial score (nSPS) is 32.1. The van der Waals surface area contributed by atoms with Crippen LogP contribution in [0.1, 0.15) is 30.7 Å². The van der Waals surface area contributed by atoms with Crippen molar-refractivity contribution in [1.82, 2.24) is 15.2 Å². The van der Waals surface area contributed by atoms with Crippen molar-refractivity contribution in [3.63, 3.8) is 0 Å². The lowest BCUT2D eigenvalue weighted by Gasteiger charge is -2.25. The van der Waals surface area contributed by atoms with Crippen LogP contribution in [-0.4, -0.2) is 35.6 Å². The van der Waals surface area contributed by atoms with Gasteiger partial charge in [-0.2, -0.15) is 0 Å². The summed E-state index contributed by atoms with van der Waals surface area (Å²) in [6.07, 6.45) is 1.22. The molecule has 2 saturated heterocycles. The first-order chi connectivity index (χ1) is 8.69. The van der Waals surface area contributed by atoms with Gasteiger partial charge in [-0.3, -0.25) is 4.90 Å². The monoisotopic (exact) mass is 249 g/mol. The zero-order chi connectivity index (χ0) is 12.7.